The van der Waals surface area contributed by atoms with E-state index in [0.717, 1.165) is 28.0 Å². The van der Waals surface area contributed by atoms with Crippen LogP contribution < -0.4 is 4.74 Å². The normalized spacial score (nSPS) is 10.6. The highest BCUT2D eigenvalue weighted by atomic mass is 33.1. The van der Waals surface area contributed by atoms with Crippen molar-refractivity contribution in [1.29, 1.82) is 0 Å². The number of aromatic nitrogens is 3. The molecule has 0 atom stereocenters. The first-order chi connectivity index (χ1) is 8.76. The van der Waals surface area contributed by atoms with Gasteiger partial charge in [0, 0.05) is 18.4 Å². The molecule has 1 aromatic heterocycles. The molecule has 18 heavy (non-hydrogen) atoms. The first kappa shape index (κ1) is 13.3. The van der Waals surface area contributed by atoms with Crippen molar-refractivity contribution in [2.45, 2.75) is 12.1 Å². The Kier molecular flexibility index (Phi) is 4.54. The van der Waals surface area contributed by atoms with Crippen molar-refractivity contribution in [1.82, 2.24) is 14.8 Å². The van der Waals surface area contributed by atoms with E-state index < -0.39 is 0 Å². The molecule has 0 spiro atoms. The summed E-state index contributed by atoms with van der Waals surface area (Å²) in [6, 6.07) is 7.84. The van der Waals surface area contributed by atoms with Gasteiger partial charge in [0.1, 0.15) is 5.75 Å². The average molecular weight is 281 g/mol. The summed E-state index contributed by atoms with van der Waals surface area (Å²) in [7, 11) is 7.06. The van der Waals surface area contributed by atoms with Gasteiger partial charge in [0.25, 0.3) is 0 Å². The molecule has 2 rings (SSSR count). The molecule has 0 radical (unpaired) electrons. The van der Waals surface area contributed by atoms with Crippen molar-refractivity contribution in [2.75, 3.05) is 12.9 Å². The highest BCUT2D eigenvalue weighted by Crippen LogP contribution is 2.31. The third-order valence-electron chi connectivity index (χ3n) is 2.43. The van der Waals surface area contributed by atoms with Gasteiger partial charge in [-0.1, -0.05) is 17.7 Å². The molecule has 0 saturated carbocycles. The van der Waals surface area contributed by atoms with Crippen LogP contribution in [0.2, 0.25) is 0 Å². The topological polar surface area (TPSA) is 39.9 Å². The van der Waals surface area contributed by atoms with E-state index in [4.69, 9.17) is 4.74 Å². The number of nitrogens with zero attached hydrogens (tertiary/aromatic N) is 3. The lowest BCUT2D eigenvalue weighted by atomic mass is 10.2. The summed E-state index contributed by atoms with van der Waals surface area (Å²) < 4.78 is 7.15. The van der Waals surface area contributed by atoms with Crippen LogP contribution >= 0.6 is 21.6 Å². The molecule has 0 unspecified atom stereocenters. The number of methoxy groups -OCH3 is 1. The number of benzene rings is 1. The Morgan fingerprint density at radius 1 is 1.22 bits per heavy atom. The minimum Gasteiger partial charge on any atom is -0.497 e. The van der Waals surface area contributed by atoms with Gasteiger partial charge in [-0.25, -0.2) is 0 Å². The Labute approximate surface area is 115 Å². The van der Waals surface area contributed by atoms with Gasteiger partial charge in [0.05, 0.1) is 7.11 Å². The lowest BCUT2D eigenvalue weighted by molar-refractivity contribution is 0.415. The summed E-state index contributed by atoms with van der Waals surface area (Å²) in [6.07, 6.45) is 0. The minimum atomic E-state index is 0.844. The zero-order valence-electron chi connectivity index (χ0n) is 10.6. The maximum atomic E-state index is 5.14. The molecule has 1 aromatic carbocycles. The second-order valence-corrected chi connectivity index (χ2v) is 6.14. The number of ether oxygens (including phenoxy) is 1. The third kappa shape index (κ3) is 2.81. The molecule has 0 amide bonds. The maximum absolute atomic E-state index is 5.14. The monoisotopic (exact) mass is 281 g/mol. The van der Waals surface area contributed by atoms with Crippen molar-refractivity contribution < 1.29 is 4.74 Å². The fraction of sp³-hybridized carbons (Fsp3) is 0.333. The zero-order valence-corrected chi connectivity index (χ0v) is 12.2. The summed E-state index contributed by atoms with van der Waals surface area (Å²) in [5, 5.41) is 9.35. The van der Waals surface area contributed by atoms with Crippen molar-refractivity contribution in [3.63, 3.8) is 0 Å². The van der Waals surface area contributed by atoms with Gasteiger partial charge in [-0.2, -0.15) is 0 Å². The first-order valence-corrected chi connectivity index (χ1v) is 7.91. The first-order valence-electron chi connectivity index (χ1n) is 5.59. The van der Waals surface area contributed by atoms with Gasteiger partial charge >= 0.3 is 0 Å². The van der Waals surface area contributed by atoms with Gasteiger partial charge in [-0.05, 0) is 35.1 Å². The predicted octanol–water partition coefficient (Wildman–Crippen LogP) is 3.25. The largest absolute Gasteiger partial charge is 0.497 e. The van der Waals surface area contributed by atoms with Crippen LogP contribution in [0, 0.1) is 0 Å². The van der Waals surface area contributed by atoms with Gasteiger partial charge in [-0.3, -0.25) is 0 Å². The van der Waals surface area contributed by atoms with Crippen LogP contribution in [0.4, 0.5) is 0 Å². The molecule has 0 N–H and O–H groups in total. The van der Waals surface area contributed by atoms with E-state index in [9.17, 15) is 0 Å². The van der Waals surface area contributed by atoms with Gasteiger partial charge in [-0.15, -0.1) is 10.2 Å². The molecule has 0 saturated heterocycles. The summed E-state index contributed by atoms with van der Waals surface area (Å²) in [5.41, 5.74) is 1.04. The lowest BCUT2D eigenvalue weighted by Gasteiger charge is -2.04. The Hall–Kier alpha value is -1.14. The molecular weight excluding hydrogens is 266 g/mol. The molecular formula is C12H15N3OS2. The standard InChI is InChI=1S/C12H15N3OS2/c1-4-17-18-12-14-13-11(15(12)2)9-5-7-10(16-3)8-6-9/h5-8H,4H2,1-3H3. The van der Waals surface area contributed by atoms with E-state index >= 15 is 0 Å². The van der Waals surface area contributed by atoms with E-state index in [1.54, 1.807) is 28.7 Å². The van der Waals surface area contributed by atoms with Crippen molar-refractivity contribution in [3.05, 3.63) is 24.3 Å². The highest BCUT2D eigenvalue weighted by molar-refractivity contribution is 8.76. The third-order valence-corrected chi connectivity index (χ3v) is 4.80. The highest BCUT2D eigenvalue weighted by Gasteiger charge is 2.11. The van der Waals surface area contributed by atoms with Crippen LogP contribution in [-0.4, -0.2) is 27.6 Å². The fourth-order valence-electron chi connectivity index (χ4n) is 1.49. The zero-order chi connectivity index (χ0) is 13.0. The smallest absolute Gasteiger partial charge is 0.201 e. The second kappa shape index (κ2) is 6.15. The predicted molar refractivity (Wildman–Crippen MR) is 77.0 cm³/mol. The minimum absolute atomic E-state index is 0.844. The van der Waals surface area contributed by atoms with Crippen molar-refractivity contribution in [3.8, 4) is 17.1 Å². The summed E-state index contributed by atoms with van der Waals surface area (Å²) in [6.45, 7) is 2.12. The molecule has 0 aliphatic heterocycles. The van der Waals surface area contributed by atoms with E-state index in [2.05, 4.69) is 17.1 Å². The summed E-state index contributed by atoms with van der Waals surface area (Å²) in [4.78, 5) is 0. The lowest BCUT2D eigenvalue weighted by Crippen LogP contribution is -1.94. The van der Waals surface area contributed by atoms with E-state index in [1.807, 2.05) is 35.9 Å². The summed E-state index contributed by atoms with van der Waals surface area (Å²) in [5.74, 6) is 2.77. The molecule has 0 aliphatic carbocycles. The fourth-order valence-corrected chi connectivity index (χ4v) is 3.09. The van der Waals surface area contributed by atoms with Crippen LogP contribution in [0.3, 0.4) is 0 Å². The summed E-state index contributed by atoms with van der Waals surface area (Å²) >= 11 is 0. The number of rotatable bonds is 5. The van der Waals surface area contributed by atoms with Crippen LogP contribution in [0.15, 0.2) is 29.4 Å². The van der Waals surface area contributed by atoms with Gasteiger partial charge < -0.3 is 9.30 Å². The molecule has 0 bridgehead atoms. The van der Waals surface area contributed by atoms with Gasteiger partial charge in [0.2, 0.25) is 5.16 Å². The van der Waals surface area contributed by atoms with Crippen LogP contribution in [0.25, 0.3) is 11.4 Å². The quantitative estimate of drug-likeness (QED) is 0.787. The molecule has 4 nitrogen and oxygen atoms in total. The Morgan fingerprint density at radius 3 is 2.56 bits per heavy atom. The molecule has 0 aliphatic rings. The van der Waals surface area contributed by atoms with Crippen LogP contribution in [-0.2, 0) is 7.05 Å². The average Bonchev–Trinajstić information content (AvgIpc) is 2.78. The van der Waals surface area contributed by atoms with Gasteiger partial charge in [0.15, 0.2) is 5.82 Å². The van der Waals surface area contributed by atoms with E-state index in [1.165, 1.54) is 0 Å². The maximum Gasteiger partial charge on any atom is 0.201 e. The Bertz CT molecular complexity index is 511. The molecule has 96 valence electrons. The SMILES string of the molecule is CCSSc1nnc(-c2ccc(OC)cc2)n1C. The number of hydrogen-bond donors (Lipinski definition) is 0. The molecule has 1 heterocycles. The van der Waals surface area contributed by atoms with E-state index in [0.29, 0.717) is 0 Å². The van der Waals surface area contributed by atoms with Crippen LogP contribution in [0.5, 0.6) is 5.75 Å². The second-order valence-electron chi connectivity index (χ2n) is 3.58. The number of hydrogen-bond acceptors (Lipinski definition) is 5. The van der Waals surface area contributed by atoms with Crippen LogP contribution in [0.1, 0.15) is 6.92 Å². The van der Waals surface area contributed by atoms with Crippen molar-refractivity contribution in [2.24, 2.45) is 7.05 Å². The molecule has 0 fully saturated rings. The van der Waals surface area contributed by atoms with E-state index in [-0.39, 0.29) is 0 Å². The molecule has 2 aromatic rings. The Morgan fingerprint density at radius 2 is 1.94 bits per heavy atom. The van der Waals surface area contributed by atoms with Crippen molar-refractivity contribution >= 4 is 21.6 Å². The molecule has 6 heteroatoms. The Balaban J connectivity index is 2.24.